The summed E-state index contributed by atoms with van der Waals surface area (Å²) in [4.78, 5) is 21.7. The molecule has 12 heteroatoms. The van der Waals surface area contributed by atoms with E-state index in [1.165, 1.54) is 6.92 Å². The quantitative estimate of drug-likeness (QED) is 0.290. The van der Waals surface area contributed by atoms with Gasteiger partial charge in [0, 0.05) is 0 Å². The van der Waals surface area contributed by atoms with E-state index < -0.39 is 51.5 Å². The molecule has 1 amide bonds. The first-order valence-corrected chi connectivity index (χ1v) is 6.62. The number of rotatable bonds is 5. The van der Waals surface area contributed by atoms with E-state index >= 15 is 0 Å². The van der Waals surface area contributed by atoms with Crippen molar-refractivity contribution < 1.29 is 31.7 Å². The van der Waals surface area contributed by atoms with E-state index in [1.54, 1.807) is 5.32 Å². The van der Waals surface area contributed by atoms with E-state index in [2.05, 4.69) is 5.10 Å². The van der Waals surface area contributed by atoms with Crippen LogP contribution in [0.5, 0.6) is 0 Å². The molecule has 2 rings (SSSR count). The van der Waals surface area contributed by atoms with Gasteiger partial charge >= 0.3 is 5.69 Å². The Morgan fingerprint density at radius 3 is 2.20 bits per heavy atom. The van der Waals surface area contributed by atoms with Crippen LogP contribution >= 0.6 is 0 Å². The Morgan fingerprint density at radius 2 is 1.72 bits per heavy atom. The smallest absolute Gasteiger partial charge is 0.306 e. The third kappa shape index (κ3) is 3.56. The molecule has 0 spiro atoms. The molecule has 1 aromatic carbocycles. The van der Waals surface area contributed by atoms with E-state index in [-0.39, 0.29) is 12.2 Å². The summed E-state index contributed by atoms with van der Waals surface area (Å²) < 4.78 is 67.2. The van der Waals surface area contributed by atoms with Crippen molar-refractivity contribution in [3.05, 3.63) is 51.6 Å². The molecule has 0 bridgehead atoms. The third-order valence-corrected chi connectivity index (χ3v) is 3.20. The molecule has 0 unspecified atom stereocenters. The van der Waals surface area contributed by atoms with Crippen molar-refractivity contribution in [2.75, 3.05) is 5.32 Å². The number of nitrogens with zero attached hydrogens (tertiary/aromatic N) is 3. The summed E-state index contributed by atoms with van der Waals surface area (Å²) in [6.45, 7) is 1.05. The lowest BCUT2D eigenvalue weighted by Crippen LogP contribution is -2.26. The number of carbonyl (C=O) groups excluding carboxylic acids is 1. The topological polar surface area (TPSA) is 90.1 Å². The van der Waals surface area contributed by atoms with Crippen LogP contribution in [0.1, 0.15) is 6.92 Å². The van der Waals surface area contributed by atoms with Crippen molar-refractivity contribution in [3.8, 4) is 0 Å². The fourth-order valence-electron chi connectivity index (χ4n) is 1.87. The highest BCUT2D eigenvalue weighted by molar-refractivity contribution is 5.92. The van der Waals surface area contributed by atoms with Gasteiger partial charge in [-0.2, -0.15) is 5.10 Å². The fourth-order valence-corrected chi connectivity index (χ4v) is 1.87. The number of aromatic nitrogens is 2. The second-order valence-electron chi connectivity index (χ2n) is 5.01. The number of hydrogen-bond acceptors (Lipinski definition) is 4. The fraction of sp³-hybridized carbons (Fsp3) is 0.231. The van der Waals surface area contributed by atoms with Crippen LogP contribution in [0, 0.1) is 45.1 Å². The molecular weight excluding hydrogens is 355 g/mol. The predicted molar refractivity (Wildman–Crippen MR) is 72.9 cm³/mol. The van der Waals surface area contributed by atoms with Gasteiger partial charge in [0.25, 0.3) is 0 Å². The monoisotopic (exact) mass is 364 g/mol. The zero-order chi connectivity index (χ0) is 18.9. The maximum absolute atomic E-state index is 13.5. The number of anilines is 1. The van der Waals surface area contributed by atoms with Gasteiger partial charge in [-0.1, -0.05) is 6.92 Å². The molecule has 0 aliphatic rings. The first-order valence-electron chi connectivity index (χ1n) is 6.62. The van der Waals surface area contributed by atoms with Crippen molar-refractivity contribution in [1.29, 1.82) is 0 Å². The van der Waals surface area contributed by atoms with E-state index in [0.717, 1.165) is 17.1 Å². The standard InChI is InChI=1S/C13H9F5N4O3/c1-5(3-21-4-6(2-19-21)22(24)25)13(23)20-12-10(17)8(15)7(14)9(16)11(12)18/h2,4-5H,3H2,1H3,(H,20,23)/t5-/m0/s1. The summed E-state index contributed by atoms with van der Waals surface area (Å²) >= 11 is 0. The van der Waals surface area contributed by atoms with Gasteiger partial charge in [-0.25, -0.2) is 22.0 Å². The SMILES string of the molecule is C[C@@H](Cn1cc([N+](=O)[O-])cn1)C(=O)Nc1c(F)c(F)c(F)c(F)c1F. The summed E-state index contributed by atoms with van der Waals surface area (Å²) in [6, 6.07) is 0. The van der Waals surface area contributed by atoms with E-state index in [1.807, 2.05) is 0 Å². The lowest BCUT2D eigenvalue weighted by Gasteiger charge is -2.14. The minimum atomic E-state index is -2.34. The Labute approximate surface area is 136 Å². The summed E-state index contributed by atoms with van der Waals surface area (Å²) in [5.41, 5.74) is -1.81. The molecule has 1 heterocycles. The number of benzene rings is 1. The number of hydrogen-bond donors (Lipinski definition) is 1. The lowest BCUT2D eigenvalue weighted by atomic mass is 10.1. The zero-order valence-electron chi connectivity index (χ0n) is 12.4. The summed E-state index contributed by atoms with van der Waals surface area (Å²) in [5.74, 6) is -13.2. The van der Waals surface area contributed by atoms with Gasteiger partial charge in [-0.05, 0) is 0 Å². The average molecular weight is 364 g/mol. The highest BCUT2D eigenvalue weighted by Crippen LogP contribution is 2.27. The lowest BCUT2D eigenvalue weighted by molar-refractivity contribution is -0.385. The molecule has 0 fully saturated rings. The molecule has 1 atom stereocenters. The normalized spacial score (nSPS) is 12.1. The van der Waals surface area contributed by atoms with Gasteiger partial charge in [0.2, 0.25) is 11.7 Å². The largest absolute Gasteiger partial charge is 0.321 e. The highest BCUT2D eigenvalue weighted by Gasteiger charge is 2.28. The molecular formula is C13H9F5N4O3. The number of nitrogens with one attached hydrogen (secondary N) is 1. The second kappa shape index (κ2) is 6.83. The van der Waals surface area contributed by atoms with Crippen LogP contribution in [-0.4, -0.2) is 20.6 Å². The number of amides is 1. The number of nitro groups is 1. The molecule has 0 saturated carbocycles. The van der Waals surface area contributed by atoms with Crippen molar-refractivity contribution in [2.24, 2.45) is 5.92 Å². The van der Waals surface area contributed by atoms with E-state index in [0.29, 0.717) is 0 Å². The van der Waals surface area contributed by atoms with Crippen molar-refractivity contribution in [3.63, 3.8) is 0 Å². The van der Waals surface area contributed by atoms with Crippen LogP contribution < -0.4 is 5.32 Å². The van der Waals surface area contributed by atoms with Gasteiger partial charge in [0.1, 0.15) is 18.1 Å². The molecule has 7 nitrogen and oxygen atoms in total. The Hall–Kier alpha value is -3.05. The van der Waals surface area contributed by atoms with Crippen LogP contribution in [0.4, 0.5) is 33.3 Å². The minimum Gasteiger partial charge on any atom is -0.321 e. The Morgan fingerprint density at radius 1 is 1.20 bits per heavy atom. The molecule has 0 aliphatic heterocycles. The van der Waals surface area contributed by atoms with Crippen molar-refractivity contribution in [1.82, 2.24) is 9.78 Å². The average Bonchev–Trinajstić information content (AvgIpc) is 3.03. The molecule has 2 aromatic rings. The Kier molecular flexibility index (Phi) is 4.99. The maximum atomic E-state index is 13.5. The first-order chi connectivity index (χ1) is 11.6. The van der Waals surface area contributed by atoms with Crippen LogP contribution in [0.3, 0.4) is 0 Å². The minimum absolute atomic E-state index is 0.227. The van der Waals surface area contributed by atoms with Crippen LogP contribution in [0.15, 0.2) is 12.4 Å². The second-order valence-corrected chi connectivity index (χ2v) is 5.01. The van der Waals surface area contributed by atoms with E-state index in [9.17, 15) is 36.9 Å². The predicted octanol–water partition coefficient (Wildman–Crippen LogP) is 2.76. The number of halogens is 5. The van der Waals surface area contributed by atoms with Crippen LogP contribution in [0.25, 0.3) is 0 Å². The third-order valence-electron chi connectivity index (χ3n) is 3.20. The van der Waals surface area contributed by atoms with Gasteiger partial charge in [-0.3, -0.25) is 19.6 Å². The molecule has 0 aliphatic carbocycles. The van der Waals surface area contributed by atoms with Crippen LogP contribution in [-0.2, 0) is 11.3 Å². The Bertz CT molecular complexity index is 825. The molecule has 1 aromatic heterocycles. The maximum Gasteiger partial charge on any atom is 0.306 e. The van der Waals surface area contributed by atoms with Gasteiger partial charge in [0.05, 0.1) is 17.4 Å². The van der Waals surface area contributed by atoms with E-state index in [4.69, 9.17) is 0 Å². The van der Waals surface area contributed by atoms with Crippen molar-refractivity contribution >= 4 is 17.3 Å². The molecule has 134 valence electrons. The first kappa shape index (κ1) is 18.3. The molecule has 1 N–H and O–H groups in total. The summed E-state index contributed by atoms with van der Waals surface area (Å²) in [7, 11) is 0. The van der Waals surface area contributed by atoms with Gasteiger partial charge in [-0.15, -0.1) is 0 Å². The number of carbonyl (C=O) groups is 1. The zero-order valence-corrected chi connectivity index (χ0v) is 12.4. The molecule has 0 saturated heterocycles. The molecule has 25 heavy (non-hydrogen) atoms. The molecule has 0 radical (unpaired) electrons. The van der Waals surface area contributed by atoms with Crippen LogP contribution in [0.2, 0.25) is 0 Å². The Balaban J connectivity index is 2.17. The summed E-state index contributed by atoms with van der Waals surface area (Å²) in [5, 5.41) is 15.8. The summed E-state index contributed by atoms with van der Waals surface area (Å²) in [6.07, 6.45) is 1.94. The van der Waals surface area contributed by atoms with Gasteiger partial charge < -0.3 is 5.32 Å². The highest BCUT2D eigenvalue weighted by atomic mass is 19.2. The van der Waals surface area contributed by atoms with Gasteiger partial charge in [0.15, 0.2) is 23.3 Å². The van der Waals surface area contributed by atoms with Crippen molar-refractivity contribution in [2.45, 2.75) is 13.5 Å².